The van der Waals surface area contributed by atoms with E-state index in [4.69, 9.17) is 15.0 Å². The van der Waals surface area contributed by atoms with Crippen molar-refractivity contribution < 1.29 is 15.0 Å². The monoisotopic (exact) mass is 174 g/mol. The van der Waals surface area contributed by atoms with Crippen molar-refractivity contribution in [1.82, 2.24) is 0 Å². The van der Waals surface area contributed by atoms with E-state index in [9.17, 15) is 0 Å². The van der Waals surface area contributed by atoms with Gasteiger partial charge in [0.15, 0.2) is 0 Å². The van der Waals surface area contributed by atoms with Crippen molar-refractivity contribution in [2.24, 2.45) is 0 Å². The Hall–Kier alpha value is -0.730. The Balaban J connectivity index is 0.000000261. The van der Waals surface area contributed by atoms with E-state index in [2.05, 4.69) is 0 Å². The first-order valence-corrected chi connectivity index (χ1v) is 4.65. The zero-order valence-electron chi connectivity index (χ0n) is 7.46. The molecule has 1 fully saturated rings. The van der Waals surface area contributed by atoms with Gasteiger partial charge in [0.2, 0.25) is 0 Å². The van der Waals surface area contributed by atoms with Crippen LogP contribution in [0.1, 0.15) is 51.4 Å². The Kier molecular flexibility index (Phi) is 7.86. The molecule has 1 saturated carbocycles. The molecular weight excluding hydrogens is 156 g/mol. The fraction of sp³-hybridized carbons (Fsp3) is 0.889. The maximum Gasteiger partial charge on any atom is 0.503 e. The predicted octanol–water partition coefficient (Wildman–Crippen LogP) is 3.34. The molecule has 0 aromatic carbocycles. The minimum absolute atomic E-state index is 1.50. The third-order valence-corrected chi connectivity index (χ3v) is 2.00. The van der Waals surface area contributed by atoms with Crippen molar-refractivity contribution in [2.75, 3.05) is 0 Å². The highest BCUT2D eigenvalue weighted by molar-refractivity contribution is 5.53. The van der Waals surface area contributed by atoms with E-state index in [1.54, 1.807) is 0 Å². The molecule has 1 rings (SSSR count). The summed E-state index contributed by atoms with van der Waals surface area (Å²) in [5, 5.41) is 13.9. The van der Waals surface area contributed by atoms with Crippen molar-refractivity contribution in [1.29, 1.82) is 0 Å². The molecule has 0 aromatic heterocycles. The molecule has 3 nitrogen and oxygen atoms in total. The van der Waals surface area contributed by atoms with Crippen LogP contribution >= 0.6 is 0 Å². The van der Waals surface area contributed by atoms with E-state index in [0.717, 1.165) is 0 Å². The van der Waals surface area contributed by atoms with Gasteiger partial charge in [-0.15, -0.1) is 0 Å². The zero-order valence-corrected chi connectivity index (χ0v) is 7.46. The molecule has 12 heavy (non-hydrogen) atoms. The van der Waals surface area contributed by atoms with Crippen LogP contribution in [0, 0.1) is 0 Å². The summed E-state index contributed by atoms with van der Waals surface area (Å²) in [7, 11) is 0. The van der Waals surface area contributed by atoms with Crippen LogP contribution in [-0.2, 0) is 0 Å². The van der Waals surface area contributed by atoms with Crippen LogP contribution in [0.4, 0.5) is 4.79 Å². The SMILES string of the molecule is C1CCCCCCC1.O=C(O)O. The summed E-state index contributed by atoms with van der Waals surface area (Å²) in [4.78, 5) is 8.56. The maximum absolute atomic E-state index is 8.56. The molecular formula is C9H18O3. The van der Waals surface area contributed by atoms with Crippen LogP contribution in [0.25, 0.3) is 0 Å². The second-order valence-corrected chi connectivity index (χ2v) is 3.11. The topological polar surface area (TPSA) is 57.5 Å². The lowest BCUT2D eigenvalue weighted by Crippen LogP contribution is -1.85. The second-order valence-electron chi connectivity index (χ2n) is 3.11. The van der Waals surface area contributed by atoms with Gasteiger partial charge in [-0.05, 0) is 0 Å². The Labute approximate surface area is 73.4 Å². The highest BCUT2D eigenvalue weighted by Crippen LogP contribution is 2.15. The zero-order chi connectivity index (χ0) is 9.23. The Morgan fingerprint density at radius 1 is 0.667 bits per heavy atom. The molecule has 0 aliphatic heterocycles. The van der Waals surface area contributed by atoms with Gasteiger partial charge in [0.1, 0.15) is 0 Å². The summed E-state index contributed by atoms with van der Waals surface area (Å²) < 4.78 is 0. The molecule has 1 aliphatic rings. The summed E-state index contributed by atoms with van der Waals surface area (Å²) in [6.45, 7) is 0. The van der Waals surface area contributed by atoms with E-state index >= 15 is 0 Å². The van der Waals surface area contributed by atoms with E-state index in [0.29, 0.717) is 0 Å². The summed E-state index contributed by atoms with van der Waals surface area (Å²) in [5.74, 6) is 0. The van der Waals surface area contributed by atoms with Crippen LogP contribution in [0.15, 0.2) is 0 Å². The van der Waals surface area contributed by atoms with Gasteiger partial charge in [0.05, 0.1) is 0 Å². The van der Waals surface area contributed by atoms with Crippen molar-refractivity contribution in [3.63, 3.8) is 0 Å². The molecule has 72 valence electrons. The van der Waals surface area contributed by atoms with Gasteiger partial charge in [0, 0.05) is 0 Å². The Morgan fingerprint density at radius 3 is 0.833 bits per heavy atom. The third-order valence-electron chi connectivity index (χ3n) is 2.00. The van der Waals surface area contributed by atoms with Crippen LogP contribution in [0.3, 0.4) is 0 Å². The second kappa shape index (κ2) is 8.37. The highest BCUT2D eigenvalue weighted by atomic mass is 16.6. The molecule has 2 N–H and O–H groups in total. The lowest BCUT2D eigenvalue weighted by Gasteiger charge is -2.05. The highest BCUT2D eigenvalue weighted by Gasteiger charge is 1.95. The van der Waals surface area contributed by atoms with E-state index in [1.807, 2.05) is 0 Å². The molecule has 0 atom stereocenters. The first-order chi connectivity index (χ1) is 5.73. The molecule has 0 unspecified atom stereocenters. The number of carbonyl (C=O) groups is 1. The summed E-state index contributed by atoms with van der Waals surface area (Å²) in [6.07, 6.45) is 10.2. The van der Waals surface area contributed by atoms with E-state index in [-0.39, 0.29) is 0 Å². The van der Waals surface area contributed by atoms with E-state index < -0.39 is 6.16 Å². The number of hydrogen-bond acceptors (Lipinski definition) is 1. The molecule has 0 aromatic rings. The van der Waals surface area contributed by atoms with Gasteiger partial charge in [-0.25, -0.2) is 4.79 Å². The van der Waals surface area contributed by atoms with Crippen molar-refractivity contribution in [3.05, 3.63) is 0 Å². The number of carboxylic acid groups (broad SMARTS) is 2. The molecule has 0 radical (unpaired) electrons. The molecule has 1 aliphatic carbocycles. The summed E-state index contributed by atoms with van der Waals surface area (Å²) >= 11 is 0. The predicted molar refractivity (Wildman–Crippen MR) is 47.6 cm³/mol. The standard InChI is InChI=1S/C8H16.CH2O3/c1-2-4-6-8-7-5-3-1;2-1(3)4/h1-8H2;(H2,2,3,4). The van der Waals surface area contributed by atoms with Crippen molar-refractivity contribution in [3.8, 4) is 0 Å². The lowest BCUT2D eigenvalue weighted by molar-refractivity contribution is 0.137. The van der Waals surface area contributed by atoms with Crippen LogP contribution in [0.5, 0.6) is 0 Å². The first-order valence-electron chi connectivity index (χ1n) is 4.65. The van der Waals surface area contributed by atoms with Crippen molar-refractivity contribution in [2.45, 2.75) is 51.4 Å². The lowest BCUT2D eigenvalue weighted by atomic mass is 10.0. The molecule has 0 bridgehead atoms. The van der Waals surface area contributed by atoms with Crippen LogP contribution in [-0.4, -0.2) is 16.4 Å². The van der Waals surface area contributed by atoms with Crippen LogP contribution in [0.2, 0.25) is 0 Å². The van der Waals surface area contributed by atoms with E-state index in [1.165, 1.54) is 51.4 Å². The Bertz CT molecular complexity index is 84.3. The third kappa shape index (κ3) is 12.0. The molecule has 0 amide bonds. The fourth-order valence-corrected chi connectivity index (χ4v) is 1.41. The molecule has 0 heterocycles. The molecule has 0 spiro atoms. The van der Waals surface area contributed by atoms with Crippen LogP contribution < -0.4 is 0 Å². The van der Waals surface area contributed by atoms with Gasteiger partial charge in [0.25, 0.3) is 0 Å². The smallest absolute Gasteiger partial charge is 0.450 e. The number of hydrogen-bond donors (Lipinski definition) is 2. The van der Waals surface area contributed by atoms with Gasteiger partial charge < -0.3 is 10.2 Å². The van der Waals surface area contributed by atoms with Gasteiger partial charge in [-0.2, -0.15) is 0 Å². The first kappa shape index (κ1) is 11.3. The van der Waals surface area contributed by atoms with Crippen molar-refractivity contribution >= 4 is 6.16 Å². The molecule has 0 saturated heterocycles. The van der Waals surface area contributed by atoms with Gasteiger partial charge in [-0.3, -0.25) is 0 Å². The molecule has 3 heteroatoms. The minimum atomic E-state index is -1.83. The maximum atomic E-state index is 8.56. The minimum Gasteiger partial charge on any atom is -0.450 e. The largest absolute Gasteiger partial charge is 0.503 e. The fourth-order valence-electron chi connectivity index (χ4n) is 1.41. The average Bonchev–Trinajstić information content (AvgIpc) is 1.82. The van der Waals surface area contributed by atoms with Gasteiger partial charge >= 0.3 is 6.16 Å². The normalized spacial score (nSPS) is 18.0. The quantitative estimate of drug-likeness (QED) is 0.592. The Morgan fingerprint density at radius 2 is 0.750 bits per heavy atom. The average molecular weight is 174 g/mol. The van der Waals surface area contributed by atoms with Gasteiger partial charge in [-0.1, -0.05) is 51.4 Å². The number of rotatable bonds is 0. The summed E-state index contributed by atoms with van der Waals surface area (Å²) in [5.41, 5.74) is 0. The summed E-state index contributed by atoms with van der Waals surface area (Å²) in [6, 6.07) is 0.